The number of fused-ring (bicyclic) bond motifs is 1. The van der Waals surface area contributed by atoms with Crippen LogP contribution in [0.5, 0.6) is 0 Å². The lowest BCUT2D eigenvalue weighted by atomic mass is 9.80. The first-order valence-electron chi connectivity index (χ1n) is 8.47. The van der Waals surface area contributed by atoms with Gasteiger partial charge in [0.05, 0.1) is 12.1 Å². The van der Waals surface area contributed by atoms with Crippen LogP contribution in [0.4, 0.5) is 10.5 Å². The molecule has 7 nitrogen and oxygen atoms in total. The molecule has 0 bridgehead atoms. The average molecular weight is 363 g/mol. The summed E-state index contributed by atoms with van der Waals surface area (Å²) in [6.07, 6.45) is 3.11. The van der Waals surface area contributed by atoms with Gasteiger partial charge in [-0.05, 0) is 30.4 Å². The first kappa shape index (κ1) is 18.1. The predicted molar refractivity (Wildman–Crippen MR) is 98.9 cm³/mol. The van der Waals surface area contributed by atoms with Gasteiger partial charge >= 0.3 is 13.1 Å². The van der Waals surface area contributed by atoms with Gasteiger partial charge in [0.1, 0.15) is 0 Å². The van der Waals surface area contributed by atoms with E-state index < -0.39 is 7.12 Å². The number of carbonyl (C=O) groups is 2. The molecule has 0 saturated carbocycles. The van der Waals surface area contributed by atoms with Crippen molar-refractivity contribution in [3.63, 3.8) is 0 Å². The first-order chi connectivity index (χ1) is 12.0. The molecule has 0 unspecified atom stereocenters. The lowest BCUT2D eigenvalue weighted by Crippen LogP contribution is -2.36. The van der Waals surface area contributed by atoms with Gasteiger partial charge in [-0.3, -0.25) is 4.79 Å². The van der Waals surface area contributed by atoms with Crippen molar-refractivity contribution in [2.75, 3.05) is 11.1 Å². The van der Waals surface area contributed by atoms with Crippen molar-refractivity contribution in [2.24, 2.45) is 0 Å². The second-order valence-corrected chi connectivity index (χ2v) is 7.69. The van der Waals surface area contributed by atoms with Gasteiger partial charge in [0.2, 0.25) is 5.91 Å². The third-order valence-corrected chi connectivity index (χ3v) is 6.06. The van der Waals surface area contributed by atoms with Crippen LogP contribution in [0.1, 0.15) is 25.7 Å². The van der Waals surface area contributed by atoms with Crippen LogP contribution in [0.15, 0.2) is 24.3 Å². The molecule has 0 radical (unpaired) electrons. The van der Waals surface area contributed by atoms with Crippen LogP contribution in [0.3, 0.4) is 0 Å². The first-order valence-corrected chi connectivity index (χ1v) is 9.52. The number of urea groups is 1. The maximum Gasteiger partial charge on any atom is 0.488 e. The summed E-state index contributed by atoms with van der Waals surface area (Å²) in [5.41, 5.74) is 0.905. The van der Waals surface area contributed by atoms with E-state index in [1.165, 1.54) is 0 Å². The molecular formula is C16H22BN3O4S. The van der Waals surface area contributed by atoms with Crippen LogP contribution >= 0.6 is 11.8 Å². The fourth-order valence-corrected chi connectivity index (χ4v) is 4.82. The van der Waals surface area contributed by atoms with Gasteiger partial charge < -0.3 is 26.0 Å². The van der Waals surface area contributed by atoms with E-state index in [2.05, 4.69) is 16.0 Å². The van der Waals surface area contributed by atoms with Crippen molar-refractivity contribution in [3.8, 4) is 0 Å². The number of thioether (sulfide) groups is 1. The monoisotopic (exact) mass is 363 g/mol. The standard InChI is InChI=1S/C16H22BN3O4S/c21-14(18-11-5-3-4-10(8-11)17(23)24)7-2-1-6-13-15-12(9-25-13)19-16(22)20-15/h3-5,8,12-13,15,23-24H,1-2,6-7,9H2,(H,18,21)(H2,19,20,22)/t12-,13-,15+/m0/s1. The lowest BCUT2D eigenvalue weighted by Gasteiger charge is -2.16. The van der Waals surface area contributed by atoms with Gasteiger partial charge in [0.15, 0.2) is 0 Å². The highest BCUT2D eigenvalue weighted by atomic mass is 32.2. The van der Waals surface area contributed by atoms with Crippen LogP contribution in [-0.2, 0) is 4.79 Å². The summed E-state index contributed by atoms with van der Waals surface area (Å²) >= 11 is 1.88. The summed E-state index contributed by atoms with van der Waals surface area (Å²) in [6, 6.07) is 6.89. The zero-order valence-electron chi connectivity index (χ0n) is 13.8. The fraction of sp³-hybridized carbons (Fsp3) is 0.500. The molecule has 2 aliphatic heterocycles. The Kier molecular flexibility index (Phi) is 5.87. The lowest BCUT2D eigenvalue weighted by molar-refractivity contribution is -0.116. The van der Waals surface area contributed by atoms with E-state index in [9.17, 15) is 9.59 Å². The minimum Gasteiger partial charge on any atom is -0.423 e. The smallest absolute Gasteiger partial charge is 0.423 e. The van der Waals surface area contributed by atoms with Gasteiger partial charge in [-0.25, -0.2) is 4.79 Å². The molecule has 5 N–H and O–H groups in total. The van der Waals surface area contributed by atoms with Crippen molar-refractivity contribution < 1.29 is 19.6 Å². The van der Waals surface area contributed by atoms with Crippen LogP contribution in [0.2, 0.25) is 0 Å². The van der Waals surface area contributed by atoms with Crippen LogP contribution in [0.25, 0.3) is 0 Å². The summed E-state index contributed by atoms with van der Waals surface area (Å²) in [4.78, 5) is 23.4. The van der Waals surface area contributed by atoms with E-state index in [-0.39, 0.29) is 24.0 Å². The highest BCUT2D eigenvalue weighted by Crippen LogP contribution is 2.33. The summed E-state index contributed by atoms with van der Waals surface area (Å²) in [7, 11) is -1.55. The Hall–Kier alpha value is -1.71. The SMILES string of the molecule is O=C(CCCC[C@@H]1SC[C@@H]2NC(=O)N[C@H]21)Nc1cccc(B(O)O)c1. The number of rotatable bonds is 7. The van der Waals surface area contributed by atoms with Gasteiger partial charge in [-0.2, -0.15) is 11.8 Å². The van der Waals surface area contributed by atoms with E-state index in [1.54, 1.807) is 24.3 Å². The average Bonchev–Trinajstić information content (AvgIpc) is 3.11. The second kappa shape index (κ2) is 8.12. The topological polar surface area (TPSA) is 111 Å². The Balaban J connectivity index is 1.37. The number of carbonyl (C=O) groups excluding carboxylic acids is 2. The highest BCUT2D eigenvalue weighted by Gasteiger charge is 2.42. The molecule has 0 aromatic heterocycles. The van der Waals surface area contributed by atoms with Crippen molar-refractivity contribution in [2.45, 2.75) is 43.0 Å². The summed E-state index contributed by atoms with van der Waals surface area (Å²) in [5, 5.41) is 27.4. The molecule has 2 fully saturated rings. The molecule has 9 heteroatoms. The number of amides is 3. The van der Waals surface area contributed by atoms with Crippen LogP contribution in [0, 0.1) is 0 Å². The molecule has 0 aliphatic carbocycles. The van der Waals surface area contributed by atoms with Crippen molar-refractivity contribution in [1.29, 1.82) is 0 Å². The molecule has 0 spiro atoms. The van der Waals surface area contributed by atoms with E-state index in [1.807, 2.05) is 11.8 Å². The maximum atomic E-state index is 12.0. The molecule has 2 aliphatic rings. The molecular weight excluding hydrogens is 341 g/mol. The summed E-state index contributed by atoms with van der Waals surface area (Å²) in [6.45, 7) is 0. The number of hydrogen-bond donors (Lipinski definition) is 5. The Bertz CT molecular complexity index is 646. The van der Waals surface area contributed by atoms with E-state index in [4.69, 9.17) is 10.0 Å². The minimum atomic E-state index is -1.55. The molecule has 2 saturated heterocycles. The Morgan fingerprint density at radius 2 is 2.16 bits per heavy atom. The van der Waals surface area contributed by atoms with Crippen molar-refractivity contribution in [1.82, 2.24) is 10.6 Å². The van der Waals surface area contributed by atoms with Gasteiger partial charge in [-0.1, -0.05) is 18.6 Å². The highest BCUT2D eigenvalue weighted by molar-refractivity contribution is 8.00. The van der Waals surface area contributed by atoms with E-state index >= 15 is 0 Å². The fourth-order valence-electron chi connectivity index (χ4n) is 3.27. The second-order valence-electron chi connectivity index (χ2n) is 6.41. The number of nitrogens with one attached hydrogen (secondary N) is 3. The number of anilines is 1. The predicted octanol–water partition coefficient (Wildman–Crippen LogP) is 0.0307. The zero-order chi connectivity index (χ0) is 17.8. The molecule has 3 atom stereocenters. The quantitative estimate of drug-likeness (QED) is 0.267. The van der Waals surface area contributed by atoms with Crippen molar-refractivity contribution in [3.05, 3.63) is 24.3 Å². The van der Waals surface area contributed by atoms with Gasteiger partial charge in [0.25, 0.3) is 0 Å². The maximum absolute atomic E-state index is 12.0. The Labute approximate surface area is 151 Å². The molecule has 3 amide bonds. The van der Waals surface area contributed by atoms with Crippen LogP contribution in [-0.4, -0.2) is 52.2 Å². The number of benzene rings is 1. The van der Waals surface area contributed by atoms with E-state index in [0.29, 0.717) is 22.8 Å². The van der Waals surface area contributed by atoms with Gasteiger partial charge in [0, 0.05) is 23.1 Å². The molecule has 1 aromatic rings. The molecule has 3 rings (SSSR count). The number of hydrogen-bond acceptors (Lipinski definition) is 5. The molecule has 2 heterocycles. The van der Waals surface area contributed by atoms with Gasteiger partial charge in [-0.15, -0.1) is 0 Å². The molecule has 25 heavy (non-hydrogen) atoms. The number of unbranched alkanes of at least 4 members (excludes halogenated alkanes) is 1. The van der Waals surface area contributed by atoms with Crippen molar-refractivity contribution >= 4 is 42.0 Å². The summed E-state index contributed by atoms with van der Waals surface area (Å²) < 4.78 is 0. The largest absolute Gasteiger partial charge is 0.488 e. The third-order valence-electron chi connectivity index (χ3n) is 4.55. The molecule has 1 aromatic carbocycles. The Morgan fingerprint density at radius 1 is 1.32 bits per heavy atom. The third kappa shape index (κ3) is 4.68. The van der Waals surface area contributed by atoms with Crippen LogP contribution < -0.4 is 21.4 Å². The Morgan fingerprint density at radius 3 is 2.96 bits per heavy atom. The zero-order valence-corrected chi connectivity index (χ0v) is 14.6. The molecule has 134 valence electrons. The summed E-state index contributed by atoms with van der Waals surface area (Å²) in [5.74, 6) is 0.860. The van der Waals surface area contributed by atoms with E-state index in [0.717, 1.165) is 25.0 Å². The normalized spacial score (nSPS) is 24.4. The minimum absolute atomic E-state index is 0.0742.